The van der Waals surface area contributed by atoms with Crippen molar-refractivity contribution in [2.24, 2.45) is 0 Å². The first-order valence-corrected chi connectivity index (χ1v) is 9.63. The van der Waals surface area contributed by atoms with Crippen molar-refractivity contribution in [3.63, 3.8) is 0 Å². The molecule has 1 aromatic carbocycles. The molecule has 0 bridgehead atoms. The molecule has 1 aromatic heterocycles. The molecular formula is C14H12Br3FS. The van der Waals surface area contributed by atoms with Gasteiger partial charge in [0.15, 0.2) is 0 Å². The van der Waals surface area contributed by atoms with Crippen LogP contribution in [0.2, 0.25) is 0 Å². The molecule has 0 radical (unpaired) electrons. The third-order valence-electron chi connectivity index (χ3n) is 3.16. The van der Waals surface area contributed by atoms with Gasteiger partial charge in [0.2, 0.25) is 0 Å². The summed E-state index contributed by atoms with van der Waals surface area (Å²) in [6, 6.07) is 8.87. The fourth-order valence-corrected chi connectivity index (χ4v) is 5.56. The molecule has 0 saturated carbocycles. The van der Waals surface area contributed by atoms with E-state index >= 15 is 0 Å². The second-order valence-corrected chi connectivity index (χ2v) is 7.40. The second-order valence-electron chi connectivity index (χ2n) is 4.42. The first-order chi connectivity index (χ1) is 9.11. The molecule has 0 atom stereocenters. The Labute approximate surface area is 141 Å². The molecule has 0 nitrogen and oxygen atoms in total. The molecule has 19 heavy (non-hydrogen) atoms. The van der Waals surface area contributed by atoms with Crippen LogP contribution in [0.4, 0.5) is 4.39 Å². The highest BCUT2D eigenvalue weighted by molar-refractivity contribution is 9.10. The molecular weight excluding hydrogens is 459 g/mol. The molecule has 0 fully saturated rings. The molecule has 2 rings (SSSR count). The van der Waals surface area contributed by atoms with Crippen molar-refractivity contribution >= 4 is 59.1 Å². The molecule has 0 saturated heterocycles. The normalized spacial score (nSPS) is 11.8. The van der Waals surface area contributed by atoms with Crippen LogP contribution >= 0.6 is 59.1 Å². The van der Waals surface area contributed by atoms with Crippen molar-refractivity contribution < 1.29 is 4.39 Å². The van der Waals surface area contributed by atoms with Gasteiger partial charge in [-0.05, 0) is 51.5 Å². The van der Waals surface area contributed by atoms with Gasteiger partial charge in [-0.25, -0.2) is 4.39 Å². The molecule has 2 aromatic rings. The zero-order valence-corrected chi connectivity index (χ0v) is 15.6. The summed E-state index contributed by atoms with van der Waals surface area (Å²) in [5.74, 6) is -0.195. The Hall–Kier alpha value is 0.290. The standard InChI is InChI=1S/C14H12Br3FS/c15-8-14(9-16,7-13-12(17)5-6-19-13)10-1-3-11(18)4-2-10/h1-6H,7-9H2. The SMILES string of the molecule is Fc1ccc(C(CBr)(CBr)Cc2sccc2Br)cc1. The Morgan fingerprint density at radius 2 is 1.68 bits per heavy atom. The minimum Gasteiger partial charge on any atom is -0.207 e. The van der Waals surface area contributed by atoms with Crippen LogP contribution < -0.4 is 0 Å². The monoisotopic (exact) mass is 468 g/mol. The minimum atomic E-state index is -0.195. The van der Waals surface area contributed by atoms with Gasteiger partial charge >= 0.3 is 0 Å². The Bertz CT molecular complexity index is 532. The van der Waals surface area contributed by atoms with Gasteiger partial charge in [0, 0.05) is 25.4 Å². The van der Waals surface area contributed by atoms with E-state index in [9.17, 15) is 4.39 Å². The molecule has 0 unspecified atom stereocenters. The van der Waals surface area contributed by atoms with Crippen molar-refractivity contribution in [2.45, 2.75) is 11.8 Å². The number of hydrogen-bond donors (Lipinski definition) is 0. The average molecular weight is 471 g/mol. The van der Waals surface area contributed by atoms with Gasteiger partial charge < -0.3 is 0 Å². The van der Waals surface area contributed by atoms with Gasteiger partial charge in [0.1, 0.15) is 5.82 Å². The summed E-state index contributed by atoms with van der Waals surface area (Å²) in [4.78, 5) is 1.31. The van der Waals surface area contributed by atoms with Gasteiger partial charge in [0.25, 0.3) is 0 Å². The smallest absolute Gasteiger partial charge is 0.123 e. The minimum absolute atomic E-state index is 0.0684. The highest BCUT2D eigenvalue weighted by atomic mass is 79.9. The predicted octanol–water partition coefficient (Wildman–Crippen LogP) is 5.92. The maximum absolute atomic E-state index is 13.1. The van der Waals surface area contributed by atoms with E-state index in [1.54, 1.807) is 11.3 Å². The summed E-state index contributed by atoms with van der Waals surface area (Å²) >= 11 is 12.6. The molecule has 0 aliphatic rings. The summed E-state index contributed by atoms with van der Waals surface area (Å²) in [7, 11) is 0. The molecule has 1 heterocycles. The topological polar surface area (TPSA) is 0 Å². The van der Waals surface area contributed by atoms with E-state index < -0.39 is 0 Å². The maximum Gasteiger partial charge on any atom is 0.123 e. The summed E-state index contributed by atoms with van der Waals surface area (Å²) in [6.45, 7) is 0. The third kappa shape index (κ3) is 3.49. The van der Waals surface area contributed by atoms with Crippen LogP contribution in [0.25, 0.3) is 0 Å². The fourth-order valence-electron chi connectivity index (χ4n) is 1.95. The predicted molar refractivity (Wildman–Crippen MR) is 91.4 cm³/mol. The van der Waals surface area contributed by atoms with Crippen LogP contribution in [-0.4, -0.2) is 10.7 Å². The maximum atomic E-state index is 13.1. The number of halogens is 4. The fraction of sp³-hybridized carbons (Fsp3) is 0.286. The molecule has 102 valence electrons. The molecule has 5 heteroatoms. The summed E-state index contributed by atoms with van der Waals surface area (Å²) < 4.78 is 14.2. The van der Waals surface area contributed by atoms with E-state index in [1.165, 1.54) is 17.0 Å². The van der Waals surface area contributed by atoms with Crippen molar-refractivity contribution in [1.82, 2.24) is 0 Å². The zero-order chi connectivity index (χ0) is 13.9. The van der Waals surface area contributed by atoms with Gasteiger partial charge in [0.05, 0.1) is 0 Å². The quantitative estimate of drug-likeness (QED) is 0.476. The van der Waals surface area contributed by atoms with Crippen LogP contribution in [0.1, 0.15) is 10.4 Å². The van der Waals surface area contributed by atoms with Crippen molar-refractivity contribution in [1.29, 1.82) is 0 Å². The van der Waals surface area contributed by atoms with Gasteiger partial charge in [-0.15, -0.1) is 11.3 Å². The van der Waals surface area contributed by atoms with Crippen LogP contribution in [0, 0.1) is 5.82 Å². The van der Waals surface area contributed by atoms with E-state index in [2.05, 4.69) is 59.2 Å². The van der Waals surface area contributed by atoms with E-state index in [-0.39, 0.29) is 11.2 Å². The van der Waals surface area contributed by atoms with Gasteiger partial charge in [-0.1, -0.05) is 44.0 Å². The number of rotatable bonds is 5. The molecule has 0 aliphatic heterocycles. The zero-order valence-electron chi connectivity index (χ0n) is 10.0. The van der Waals surface area contributed by atoms with E-state index in [4.69, 9.17) is 0 Å². The Kier molecular flexibility index (Phi) is 5.64. The van der Waals surface area contributed by atoms with Crippen LogP contribution in [0.15, 0.2) is 40.2 Å². The molecule has 0 spiro atoms. The molecule has 0 amide bonds. The Morgan fingerprint density at radius 3 is 2.16 bits per heavy atom. The highest BCUT2D eigenvalue weighted by Gasteiger charge is 2.31. The van der Waals surface area contributed by atoms with Crippen molar-refractivity contribution in [2.75, 3.05) is 10.7 Å². The molecule has 0 N–H and O–H groups in total. The lowest BCUT2D eigenvalue weighted by Crippen LogP contribution is -2.32. The van der Waals surface area contributed by atoms with Gasteiger partial charge in [-0.2, -0.15) is 0 Å². The van der Waals surface area contributed by atoms with Crippen LogP contribution in [0.3, 0.4) is 0 Å². The van der Waals surface area contributed by atoms with E-state index in [0.717, 1.165) is 27.1 Å². The Balaban J connectivity index is 2.37. The third-order valence-corrected chi connectivity index (χ3v) is 7.23. The largest absolute Gasteiger partial charge is 0.207 e. The lowest BCUT2D eigenvalue weighted by Gasteiger charge is -2.30. The second kappa shape index (κ2) is 6.83. The summed E-state index contributed by atoms with van der Waals surface area (Å²) in [5, 5.41) is 3.72. The first-order valence-electron chi connectivity index (χ1n) is 5.71. The Morgan fingerprint density at radius 1 is 1.05 bits per heavy atom. The van der Waals surface area contributed by atoms with E-state index in [1.807, 2.05) is 12.1 Å². The number of alkyl halides is 2. The number of thiophene rings is 1. The van der Waals surface area contributed by atoms with Gasteiger partial charge in [-0.3, -0.25) is 0 Å². The van der Waals surface area contributed by atoms with Crippen LogP contribution in [-0.2, 0) is 11.8 Å². The highest BCUT2D eigenvalue weighted by Crippen LogP contribution is 2.36. The molecule has 0 aliphatic carbocycles. The number of benzene rings is 1. The van der Waals surface area contributed by atoms with Crippen LogP contribution in [0.5, 0.6) is 0 Å². The summed E-state index contributed by atoms with van der Waals surface area (Å²) in [5.41, 5.74) is 1.07. The average Bonchev–Trinajstić information content (AvgIpc) is 2.82. The van der Waals surface area contributed by atoms with E-state index in [0.29, 0.717) is 0 Å². The summed E-state index contributed by atoms with van der Waals surface area (Å²) in [6.07, 6.45) is 0.910. The lowest BCUT2D eigenvalue weighted by atomic mass is 9.81. The lowest BCUT2D eigenvalue weighted by molar-refractivity contribution is 0.551. The first kappa shape index (κ1) is 15.7. The van der Waals surface area contributed by atoms with Crippen molar-refractivity contribution in [3.05, 3.63) is 56.4 Å². The van der Waals surface area contributed by atoms with Crippen molar-refractivity contribution in [3.8, 4) is 0 Å². The number of hydrogen-bond acceptors (Lipinski definition) is 1.